The first-order valence-corrected chi connectivity index (χ1v) is 7.69. The van der Waals surface area contributed by atoms with E-state index in [4.69, 9.17) is 4.74 Å². The fourth-order valence-corrected chi connectivity index (χ4v) is 2.79. The van der Waals surface area contributed by atoms with Crippen LogP contribution in [0, 0.1) is 0 Å². The number of amides is 1. The molecule has 2 aromatic carbocycles. The normalized spacial score (nSPS) is 10.8. The van der Waals surface area contributed by atoms with E-state index in [9.17, 15) is 9.59 Å². The molecule has 3 rings (SSSR count). The second-order valence-corrected chi connectivity index (χ2v) is 5.44. The Morgan fingerprint density at radius 1 is 1.08 bits per heavy atom. The lowest BCUT2D eigenvalue weighted by Crippen LogP contribution is -2.31. The monoisotopic (exact) mass is 325 g/mol. The molecule has 6 nitrogen and oxygen atoms in total. The Morgan fingerprint density at radius 2 is 1.75 bits per heavy atom. The van der Waals surface area contributed by atoms with Crippen LogP contribution in [0.25, 0.3) is 11.0 Å². The lowest BCUT2D eigenvalue weighted by atomic mass is 10.2. The SMILES string of the molecule is COc1ccccc1C(=O)NCCn1c(=O)n(C)c2ccccc21. The molecular formula is C18H19N3O3. The van der Waals surface area contributed by atoms with E-state index >= 15 is 0 Å². The Labute approximate surface area is 139 Å². The highest BCUT2D eigenvalue weighted by atomic mass is 16.5. The average molecular weight is 325 g/mol. The van der Waals surface area contributed by atoms with Gasteiger partial charge in [0.1, 0.15) is 5.75 Å². The first-order chi connectivity index (χ1) is 11.6. The van der Waals surface area contributed by atoms with Crippen LogP contribution in [0.2, 0.25) is 0 Å². The average Bonchev–Trinajstić information content (AvgIpc) is 2.86. The topological polar surface area (TPSA) is 65.3 Å². The van der Waals surface area contributed by atoms with Crippen LogP contribution < -0.4 is 15.7 Å². The van der Waals surface area contributed by atoms with Gasteiger partial charge in [0.05, 0.1) is 23.7 Å². The molecule has 0 fully saturated rings. The molecule has 1 heterocycles. The van der Waals surface area contributed by atoms with Crippen LogP contribution in [-0.4, -0.2) is 28.7 Å². The number of nitrogens with one attached hydrogen (secondary N) is 1. The van der Waals surface area contributed by atoms with Crippen molar-refractivity contribution in [2.24, 2.45) is 7.05 Å². The molecule has 1 N–H and O–H groups in total. The van der Waals surface area contributed by atoms with Gasteiger partial charge in [-0.3, -0.25) is 13.9 Å². The van der Waals surface area contributed by atoms with Gasteiger partial charge in [-0.2, -0.15) is 0 Å². The maximum absolute atomic E-state index is 12.3. The molecule has 0 aliphatic carbocycles. The smallest absolute Gasteiger partial charge is 0.328 e. The van der Waals surface area contributed by atoms with Crippen molar-refractivity contribution in [1.82, 2.24) is 14.5 Å². The van der Waals surface area contributed by atoms with E-state index in [0.29, 0.717) is 24.4 Å². The van der Waals surface area contributed by atoms with Gasteiger partial charge < -0.3 is 10.1 Å². The fourth-order valence-electron chi connectivity index (χ4n) is 2.79. The van der Waals surface area contributed by atoms with Gasteiger partial charge >= 0.3 is 5.69 Å². The standard InChI is InChI=1S/C18H19N3O3/c1-20-14-8-4-5-9-15(14)21(18(20)23)12-11-19-17(22)13-7-3-6-10-16(13)24-2/h3-10H,11-12H2,1-2H3,(H,19,22). The predicted molar refractivity (Wildman–Crippen MR) is 92.5 cm³/mol. The van der Waals surface area contributed by atoms with Gasteiger partial charge in [0.25, 0.3) is 5.91 Å². The van der Waals surface area contributed by atoms with Crippen molar-refractivity contribution in [3.63, 3.8) is 0 Å². The Morgan fingerprint density at radius 3 is 2.50 bits per heavy atom. The molecule has 0 aliphatic rings. The number of aromatic nitrogens is 2. The summed E-state index contributed by atoms with van der Waals surface area (Å²) in [5, 5.41) is 2.84. The first-order valence-electron chi connectivity index (χ1n) is 7.69. The van der Waals surface area contributed by atoms with Crippen LogP contribution in [0.1, 0.15) is 10.4 Å². The predicted octanol–water partition coefficient (Wildman–Crippen LogP) is 1.78. The molecule has 24 heavy (non-hydrogen) atoms. The zero-order valence-corrected chi connectivity index (χ0v) is 13.7. The highest BCUT2D eigenvalue weighted by Crippen LogP contribution is 2.16. The quantitative estimate of drug-likeness (QED) is 0.778. The number of imidazole rings is 1. The maximum Gasteiger partial charge on any atom is 0.328 e. The van der Waals surface area contributed by atoms with Gasteiger partial charge in [0, 0.05) is 20.1 Å². The third-order valence-corrected chi connectivity index (χ3v) is 4.02. The molecule has 1 aromatic heterocycles. The van der Waals surface area contributed by atoms with Crippen molar-refractivity contribution in [3.8, 4) is 5.75 Å². The van der Waals surface area contributed by atoms with Crippen molar-refractivity contribution >= 4 is 16.9 Å². The number of carbonyl (C=O) groups is 1. The highest BCUT2D eigenvalue weighted by Gasteiger charge is 2.12. The van der Waals surface area contributed by atoms with Gasteiger partial charge in [-0.15, -0.1) is 0 Å². The van der Waals surface area contributed by atoms with E-state index < -0.39 is 0 Å². The number of para-hydroxylation sites is 3. The first kappa shape index (κ1) is 15.9. The van der Waals surface area contributed by atoms with Crippen LogP contribution in [0.15, 0.2) is 53.3 Å². The van der Waals surface area contributed by atoms with Gasteiger partial charge in [-0.1, -0.05) is 24.3 Å². The Balaban J connectivity index is 1.75. The number of fused-ring (bicyclic) bond motifs is 1. The zero-order chi connectivity index (χ0) is 17.1. The molecule has 6 heteroatoms. The molecule has 0 spiro atoms. The van der Waals surface area contributed by atoms with E-state index in [0.717, 1.165) is 11.0 Å². The second kappa shape index (κ2) is 6.62. The minimum atomic E-state index is -0.222. The minimum absolute atomic E-state index is 0.0947. The van der Waals surface area contributed by atoms with Crippen LogP contribution in [0.5, 0.6) is 5.75 Å². The van der Waals surface area contributed by atoms with Crippen molar-refractivity contribution in [2.45, 2.75) is 6.54 Å². The van der Waals surface area contributed by atoms with Crippen molar-refractivity contribution in [1.29, 1.82) is 0 Å². The van der Waals surface area contributed by atoms with E-state index in [-0.39, 0.29) is 11.6 Å². The zero-order valence-electron chi connectivity index (χ0n) is 13.7. The van der Waals surface area contributed by atoms with E-state index in [1.165, 1.54) is 7.11 Å². The largest absolute Gasteiger partial charge is 0.496 e. The van der Waals surface area contributed by atoms with Crippen molar-refractivity contribution in [2.75, 3.05) is 13.7 Å². The van der Waals surface area contributed by atoms with E-state index in [1.54, 1.807) is 34.4 Å². The van der Waals surface area contributed by atoms with Crippen LogP contribution in [0.4, 0.5) is 0 Å². The van der Waals surface area contributed by atoms with Crippen molar-refractivity contribution < 1.29 is 9.53 Å². The van der Waals surface area contributed by atoms with Gasteiger partial charge in [-0.05, 0) is 24.3 Å². The molecule has 0 saturated heterocycles. The molecule has 3 aromatic rings. The lowest BCUT2D eigenvalue weighted by Gasteiger charge is -2.09. The van der Waals surface area contributed by atoms with Crippen LogP contribution >= 0.6 is 0 Å². The summed E-state index contributed by atoms with van der Waals surface area (Å²) < 4.78 is 8.46. The summed E-state index contributed by atoms with van der Waals surface area (Å²) in [6.45, 7) is 0.756. The van der Waals surface area contributed by atoms with Crippen molar-refractivity contribution in [3.05, 3.63) is 64.6 Å². The Bertz CT molecular complexity index is 940. The summed E-state index contributed by atoms with van der Waals surface area (Å²) in [5.41, 5.74) is 2.11. The number of hydrogen-bond acceptors (Lipinski definition) is 3. The fraction of sp³-hybridized carbons (Fsp3) is 0.222. The molecule has 124 valence electrons. The molecule has 0 saturated carbocycles. The van der Waals surface area contributed by atoms with Gasteiger partial charge in [-0.25, -0.2) is 4.79 Å². The van der Waals surface area contributed by atoms with Crippen LogP contribution in [-0.2, 0) is 13.6 Å². The third kappa shape index (κ3) is 2.78. The number of hydrogen-bond donors (Lipinski definition) is 1. The summed E-state index contributed by atoms with van der Waals surface area (Å²) in [5.74, 6) is 0.304. The van der Waals surface area contributed by atoms with E-state index in [1.807, 2.05) is 30.3 Å². The Hall–Kier alpha value is -3.02. The molecule has 0 atom stereocenters. The number of aryl methyl sites for hydroxylation is 1. The summed E-state index contributed by atoms with van der Waals surface area (Å²) in [6.07, 6.45) is 0. The number of benzene rings is 2. The number of carbonyl (C=O) groups excluding carboxylic acids is 1. The second-order valence-electron chi connectivity index (χ2n) is 5.44. The summed E-state index contributed by atoms with van der Waals surface area (Å²) in [4.78, 5) is 24.6. The molecule has 1 amide bonds. The van der Waals surface area contributed by atoms with Crippen LogP contribution in [0.3, 0.4) is 0 Å². The maximum atomic E-state index is 12.3. The number of nitrogens with zero attached hydrogens (tertiary/aromatic N) is 2. The summed E-state index contributed by atoms with van der Waals surface area (Å²) in [7, 11) is 3.27. The number of ether oxygens (including phenoxy) is 1. The van der Waals surface area contributed by atoms with Gasteiger partial charge in [0.15, 0.2) is 0 Å². The van der Waals surface area contributed by atoms with E-state index in [2.05, 4.69) is 5.32 Å². The number of rotatable bonds is 5. The summed E-state index contributed by atoms with van der Waals surface area (Å²) in [6, 6.07) is 14.6. The number of methoxy groups -OCH3 is 1. The molecule has 0 aliphatic heterocycles. The molecule has 0 unspecified atom stereocenters. The molecular weight excluding hydrogens is 306 g/mol. The third-order valence-electron chi connectivity index (χ3n) is 4.02. The summed E-state index contributed by atoms with van der Waals surface area (Å²) >= 11 is 0. The highest BCUT2D eigenvalue weighted by molar-refractivity contribution is 5.96. The minimum Gasteiger partial charge on any atom is -0.496 e. The lowest BCUT2D eigenvalue weighted by molar-refractivity contribution is 0.0949. The van der Waals surface area contributed by atoms with Gasteiger partial charge in [0.2, 0.25) is 0 Å². The molecule has 0 bridgehead atoms. The molecule has 0 radical (unpaired) electrons. The Kier molecular flexibility index (Phi) is 4.37.